The van der Waals surface area contributed by atoms with Crippen molar-refractivity contribution < 1.29 is 27.3 Å². The van der Waals surface area contributed by atoms with Crippen molar-refractivity contribution >= 4 is 22.7 Å². The summed E-state index contributed by atoms with van der Waals surface area (Å²) in [5.41, 5.74) is -0.137. The van der Waals surface area contributed by atoms with Crippen molar-refractivity contribution in [2.75, 3.05) is 12.9 Å². The predicted molar refractivity (Wildman–Crippen MR) is 92.0 cm³/mol. The zero-order chi connectivity index (χ0) is 19.1. The first-order valence-corrected chi connectivity index (χ1v) is 9.01. The molecule has 2 rings (SSSR count). The summed E-state index contributed by atoms with van der Waals surface area (Å²) in [4.78, 5) is 24.6. The van der Waals surface area contributed by atoms with E-state index in [1.54, 1.807) is 30.3 Å². The Hall–Kier alpha value is -2.61. The van der Waals surface area contributed by atoms with Crippen LogP contribution < -0.4 is 5.32 Å². The molecule has 2 atom stereocenters. The Bertz CT molecular complexity index is 814. The van der Waals surface area contributed by atoms with E-state index in [1.165, 1.54) is 0 Å². The third-order valence-corrected chi connectivity index (χ3v) is 4.98. The monoisotopic (exact) mass is 381 g/mol. The zero-order valence-electron chi connectivity index (χ0n) is 13.9. The Morgan fingerprint density at radius 2 is 1.81 bits per heavy atom. The molecule has 2 aromatic carbocycles. The molecule has 2 aromatic rings. The molecule has 0 fully saturated rings. The standard InChI is InChI=1S/C18H17F2NO4S/c1-25-18(23)16(9-10-26(24)13-5-3-2-4-6-13)21-17(22)12-7-8-14(19)15(20)11-12/h2-8,11,16H,9-10H2,1H3,(H,21,22)/t16-,26+/m0/s1. The molecule has 1 N–H and O–H groups in total. The highest BCUT2D eigenvalue weighted by Gasteiger charge is 2.23. The van der Waals surface area contributed by atoms with Gasteiger partial charge in [-0.1, -0.05) is 18.2 Å². The van der Waals surface area contributed by atoms with Crippen molar-refractivity contribution in [2.24, 2.45) is 0 Å². The molecular formula is C18H17F2NO4S. The van der Waals surface area contributed by atoms with E-state index in [4.69, 9.17) is 0 Å². The maximum absolute atomic E-state index is 13.3. The molecule has 8 heteroatoms. The molecule has 0 saturated heterocycles. The Balaban J connectivity index is 2.05. The first-order chi connectivity index (χ1) is 12.4. The van der Waals surface area contributed by atoms with Gasteiger partial charge in [-0.3, -0.25) is 9.00 Å². The SMILES string of the molecule is COC(=O)[C@H](CC[S@@](=O)c1ccccc1)NC(=O)c1ccc(F)c(F)c1. The summed E-state index contributed by atoms with van der Waals surface area (Å²) in [5.74, 6) is -3.61. The Morgan fingerprint density at radius 3 is 2.42 bits per heavy atom. The van der Waals surface area contributed by atoms with Gasteiger partial charge in [-0.25, -0.2) is 13.6 Å². The summed E-state index contributed by atoms with van der Waals surface area (Å²) >= 11 is 0. The molecule has 0 spiro atoms. The van der Waals surface area contributed by atoms with Gasteiger partial charge in [0, 0.05) is 16.2 Å². The normalized spacial score (nSPS) is 12.9. The molecule has 0 heterocycles. The Labute approximate surface area is 151 Å². The highest BCUT2D eigenvalue weighted by Crippen LogP contribution is 2.11. The van der Waals surface area contributed by atoms with Crippen molar-refractivity contribution in [3.8, 4) is 0 Å². The fourth-order valence-electron chi connectivity index (χ4n) is 2.19. The molecule has 0 aromatic heterocycles. The van der Waals surface area contributed by atoms with Crippen molar-refractivity contribution in [2.45, 2.75) is 17.4 Å². The largest absolute Gasteiger partial charge is 0.467 e. The van der Waals surface area contributed by atoms with Crippen molar-refractivity contribution in [1.82, 2.24) is 5.32 Å². The highest BCUT2D eigenvalue weighted by molar-refractivity contribution is 7.85. The van der Waals surface area contributed by atoms with Crippen LogP contribution in [0.3, 0.4) is 0 Å². The lowest BCUT2D eigenvalue weighted by Crippen LogP contribution is -2.42. The molecular weight excluding hydrogens is 364 g/mol. The minimum Gasteiger partial charge on any atom is -0.467 e. The van der Waals surface area contributed by atoms with Gasteiger partial charge in [-0.05, 0) is 36.8 Å². The second-order valence-corrected chi connectivity index (χ2v) is 6.90. The second-order valence-electron chi connectivity index (χ2n) is 5.33. The van der Waals surface area contributed by atoms with E-state index < -0.39 is 40.4 Å². The molecule has 0 aliphatic carbocycles. The Kier molecular flexibility index (Phi) is 6.97. The van der Waals surface area contributed by atoms with Crippen molar-refractivity contribution in [3.63, 3.8) is 0 Å². The van der Waals surface area contributed by atoms with Crippen molar-refractivity contribution in [3.05, 3.63) is 65.7 Å². The van der Waals surface area contributed by atoms with E-state index in [1.807, 2.05) is 0 Å². The maximum atomic E-state index is 13.3. The summed E-state index contributed by atoms with van der Waals surface area (Å²) < 4.78 is 43.1. The number of nitrogens with one attached hydrogen (secondary N) is 1. The van der Waals surface area contributed by atoms with Crippen molar-refractivity contribution in [1.29, 1.82) is 0 Å². The van der Waals surface area contributed by atoms with Crippen LogP contribution in [0.4, 0.5) is 8.78 Å². The van der Waals surface area contributed by atoms with E-state index in [-0.39, 0.29) is 17.7 Å². The number of halogens is 2. The third kappa shape index (κ3) is 5.19. The molecule has 0 aliphatic heterocycles. The molecule has 0 radical (unpaired) electrons. The summed E-state index contributed by atoms with van der Waals surface area (Å²) in [5, 5.41) is 2.40. The van der Waals surface area contributed by atoms with Crippen LogP contribution in [-0.4, -0.2) is 35.0 Å². The fourth-order valence-corrected chi connectivity index (χ4v) is 3.33. The summed E-state index contributed by atoms with van der Waals surface area (Å²) in [6.07, 6.45) is 0.0591. The van der Waals surface area contributed by atoms with Crippen LogP contribution in [0.25, 0.3) is 0 Å². The number of methoxy groups -OCH3 is 1. The van der Waals surface area contributed by atoms with E-state index in [0.29, 0.717) is 4.90 Å². The average Bonchev–Trinajstić information content (AvgIpc) is 2.66. The topological polar surface area (TPSA) is 72.5 Å². The first kappa shape index (κ1) is 19.7. The van der Waals surface area contributed by atoms with Crippen LogP contribution >= 0.6 is 0 Å². The van der Waals surface area contributed by atoms with E-state index in [2.05, 4.69) is 10.1 Å². The molecule has 26 heavy (non-hydrogen) atoms. The summed E-state index contributed by atoms with van der Waals surface area (Å²) in [6.45, 7) is 0. The molecule has 0 unspecified atom stereocenters. The van der Waals surface area contributed by atoms with E-state index in [0.717, 1.165) is 25.3 Å². The lowest BCUT2D eigenvalue weighted by atomic mass is 10.1. The van der Waals surface area contributed by atoms with Crippen LogP contribution in [0.2, 0.25) is 0 Å². The summed E-state index contributed by atoms with van der Waals surface area (Å²) in [7, 11) is -0.197. The van der Waals surface area contributed by atoms with Gasteiger partial charge in [-0.15, -0.1) is 0 Å². The first-order valence-electron chi connectivity index (χ1n) is 7.69. The number of hydrogen-bond acceptors (Lipinski definition) is 4. The number of esters is 1. The van der Waals surface area contributed by atoms with Crippen LogP contribution in [-0.2, 0) is 20.3 Å². The molecule has 0 saturated carbocycles. The molecule has 138 valence electrons. The van der Waals surface area contributed by atoms with Gasteiger partial charge in [0.15, 0.2) is 11.6 Å². The highest BCUT2D eigenvalue weighted by atomic mass is 32.2. The van der Waals surface area contributed by atoms with Crippen LogP contribution in [0, 0.1) is 11.6 Å². The molecule has 5 nitrogen and oxygen atoms in total. The van der Waals surface area contributed by atoms with E-state index in [9.17, 15) is 22.6 Å². The minimum atomic E-state index is -1.36. The average molecular weight is 381 g/mol. The smallest absolute Gasteiger partial charge is 0.328 e. The number of amides is 1. The molecule has 0 bridgehead atoms. The van der Waals surface area contributed by atoms with Crippen LogP contribution in [0.5, 0.6) is 0 Å². The predicted octanol–water partition coefficient (Wildman–Crippen LogP) is 2.43. The molecule has 1 amide bonds. The lowest BCUT2D eigenvalue weighted by molar-refractivity contribution is -0.142. The number of ether oxygens (including phenoxy) is 1. The number of benzene rings is 2. The van der Waals surface area contributed by atoms with Gasteiger partial charge in [0.1, 0.15) is 6.04 Å². The zero-order valence-corrected chi connectivity index (χ0v) is 14.7. The van der Waals surface area contributed by atoms with Crippen LogP contribution in [0.1, 0.15) is 16.8 Å². The second kappa shape index (κ2) is 9.19. The van der Waals surface area contributed by atoms with Gasteiger partial charge >= 0.3 is 5.97 Å². The molecule has 0 aliphatic rings. The van der Waals surface area contributed by atoms with Gasteiger partial charge in [-0.2, -0.15) is 0 Å². The maximum Gasteiger partial charge on any atom is 0.328 e. The van der Waals surface area contributed by atoms with Gasteiger partial charge in [0.2, 0.25) is 0 Å². The number of carbonyl (C=O) groups excluding carboxylic acids is 2. The fraction of sp³-hybridized carbons (Fsp3) is 0.222. The van der Waals surface area contributed by atoms with Gasteiger partial charge < -0.3 is 10.1 Å². The Morgan fingerprint density at radius 1 is 1.12 bits per heavy atom. The lowest BCUT2D eigenvalue weighted by Gasteiger charge is -2.16. The van der Waals surface area contributed by atoms with E-state index >= 15 is 0 Å². The minimum absolute atomic E-state index is 0.0591. The quantitative estimate of drug-likeness (QED) is 0.748. The van der Waals surface area contributed by atoms with Crippen LogP contribution in [0.15, 0.2) is 53.4 Å². The summed E-state index contributed by atoms with van der Waals surface area (Å²) in [6, 6.07) is 10.3. The number of rotatable bonds is 7. The number of hydrogen-bond donors (Lipinski definition) is 1. The van der Waals surface area contributed by atoms with Gasteiger partial charge in [0.05, 0.1) is 17.9 Å². The number of carbonyl (C=O) groups is 2. The third-order valence-electron chi connectivity index (χ3n) is 3.57. The van der Waals surface area contributed by atoms with Gasteiger partial charge in [0.25, 0.3) is 5.91 Å².